The molecule has 7 heteroatoms. The number of likely N-dealkylation sites (N-methyl/N-ethyl adjacent to an activating group) is 1. The van der Waals surface area contributed by atoms with Gasteiger partial charge in [0.2, 0.25) is 0 Å². The summed E-state index contributed by atoms with van der Waals surface area (Å²) in [5, 5.41) is 54.3. The van der Waals surface area contributed by atoms with E-state index < -0.39 is 31.0 Å². The summed E-state index contributed by atoms with van der Waals surface area (Å²) in [4.78, 5) is 0. The van der Waals surface area contributed by atoms with Gasteiger partial charge in [-0.15, -0.1) is 0 Å². The Hall–Kier alpha value is -0.280. The van der Waals surface area contributed by atoms with Crippen LogP contribution in [0.5, 0.6) is 0 Å². The molecule has 14 heavy (non-hydrogen) atoms. The Labute approximate surface area is 81.4 Å². The Morgan fingerprint density at radius 3 is 1.79 bits per heavy atom. The fraction of sp³-hybridized carbons (Fsp3) is 1.00. The molecular formula is C7H17NO6. The molecule has 0 bridgehead atoms. The molecule has 0 aromatic carbocycles. The van der Waals surface area contributed by atoms with Crippen molar-refractivity contribution in [1.29, 1.82) is 0 Å². The maximum absolute atomic E-state index is 9.23. The molecule has 0 saturated carbocycles. The fourth-order valence-corrected chi connectivity index (χ4v) is 0.942. The quantitative estimate of drug-likeness (QED) is 0.255. The molecule has 0 aromatic heterocycles. The predicted molar refractivity (Wildman–Crippen MR) is 45.5 cm³/mol. The molecule has 0 fully saturated rings. The van der Waals surface area contributed by atoms with Gasteiger partial charge in [-0.25, -0.2) is 0 Å². The number of hydrogen-bond donors (Lipinski definition) is 6. The van der Waals surface area contributed by atoms with Crippen LogP contribution in [0.25, 0.3) is 0 Å². The smallest absolute Gasteiger partial charge is 0.111 e. The lowest BCUT2D eigenvalue weighted by molar-refractivity contribution is -0.148. The zero-order chi connectivity index (χ0) is 11.3. The Kier molecular flexibility index (Phi) is 6.12. The fourth-order valence-electron chi connectivity index (χ4n) is 0.942. The highest BCUT2D eigenvalue weighted by Gasteiger charge is 2.30. The second kappa shape index (κ2) is 6.25. The zero-order valence-electron chi connectivity index (χ0n) is 7.85. The van der Waals surface area contributed by atoms with E-state index in [9.17, 15) is 10.2 Å². The van der Waals surface area contributed by atoms with Crippen LogP contribution in [0.2, 0.25) is 0 Å². The summed E-state index contributed by atoms with van der Waals surface area (Å²) >= 11 is 0. The molecule has 0 aliphatic carbocycles. The Bertz CT molecular complexity index is 155. The largest absolute Gasteiger partial charge is 0.394 e. The second-order valence-electron chi connectivity index (χ2n) is 3.14. The van der Waals surface area contributed by atoms with Crippen molar-refractivity contribution in [2.45, 2.75) is 24.4 Å². The highest BCUT2D eigenvalue weighted by Crippen LogP contribution is 2.05. The van der Waals surface area contributed by atoms with Gasteiger partial charge in [-0.2, -0.15) is 5.06 Å². The predicted octanol–water partition coefficient (Wildman–Crippen LogP) is -3.26. The number of aliphatic hydroxyl groups excluding tert-OH is 5. The van der Waals surface area contributed by atoms with Crippen molar-refractivity contribution in [2.75, 3.05) is 20.2 Å². The molecule has 4 unspecified atom stereocenters. The second-order valence-corrected chi connectivity index (χ2v) is 3.14. The van der Waals surface area contributed by atoms with Crippen molar-refractivity contribution in [2.24, 2.45) is 0 Å². The van der Waals surface area contributed by atoms with Crippen molar-refractivity contribution in [3.63, 3.8) is 0 Å². The third-order valence-corrected chi connectivity index (χ3v) is 1.78. The van der Waals surface area contributed by atoms with E-state index in [1.807, 2.05) is 0 Å². The monoisotopic (exact) mass is 211 g/mol. The van der Waals surface area contributed by atoms with Gasteiger partial charge in [0.05, 0.1) is 19.3 Å². The lowest BCUT2D eigenvalue weighted by atomic mass is 10.0. The van der Waals surface area contributed by atoms with Crippen LogP contribution >= 0.6 is 0 Å². The molecule has 7 nitrogen and oxygen atoms in total. The molecular weight excluding hydrogens is 194 g/mol. The number of hydroxylamine groups is 2. The molecule has 0 rings (SSSR count). The van der Waals surface area contributed by atoms with Crippen molar-refractivity contribution in [1.82, 2.24) is 5.06 Å². The molecule has 0 saturated heterocycles. The lowest BCUT2D eigenvalue weighted by Crippen LogP contribution is -2.48. The Balaban J connectivity index is 4.09. The summed E-state index contributed by atoms with van der Waals surface area (Å²) < 4.78 is 0. The van der Waals surface area contributed by atoms with Crippen molar-refractivity contribution < 1.29 is 30.7 Å². The van der Waals surface area contributed by atoms with Crippen LogP contribution in [0.4, 0.5) is 0 Å². The first-order chi connectivity index (χ1) is 6.40. The third kappa shape index (κ3) is 4.29. The maximum Gasteiger partial charge on any atom is 0.111 e. The third-order valence-electron chi connectivity index (χ3n) is 1.78. The first-order valence-corrected chi connectivity index (χ1v) is 4.13. The van der Waals surface area contributed by atoms with E-state index in [0.717, 1.165) is 0 Å². The number of aliphatic hydroxyl groups is 5. The van der Waals surface area contributed by atoms with Crippen molar-refractivity contribution in [3.8, 4) is 0 Å². The van der Waals surface area contributed by atoms with E-state index in [-0.39, 0.29) is 6.54 Å². The van der Waals surface area contributed by atoms with Gasteiger partial charge in [-0.3, -0.25) is 0 Å². The summed E-state index contributed by atoms with van der Waals surface area (Å²) in [6.45, 7) is -1.00. The highest BCUT2D eigenvalue weighted by molar-refractivity contribution is 4.81. The van der Waals surface area contributed by atoms with Crippen LogP contribution in [0.15, 0.2) is 0 Å². The van der Waals surface area contributed by atoms with Crippen LogP contribution in [-0.4, -0.2) is 80.4 Å². The van der Waals surface area contributed by atoms with Crippen LogP contribution < -0.4 is 0 Å². The van der Waals surface area contributed by atoms with Gasteiger partial charge in [0.15, 0.2) is 0 Å². The van der Waals surface area contributed by atoms with Gasteiger partial charge in [-0.1, -0.05) is 0 Å². The normalized spacial score (nSPS) is 20.6. The summed E-state index contributed by atoms with van der Waals surface area (Å²) in [7, 11) is 1.25. The Morgan fingerprint density at radius 1 is 1.00 bits per heavy atom. The van der Waals surface area contributed by atoms with E-state index in [4.69, 9.17) is 20.5 Å². The highest BCUT2D eigenvalue weighted by atomic mass is 16.5. The van der Waals surface area contributed by atoms with Crippen LogP contribution in [0.1, 0.15) is 0 Å². The van der Waals surface area contributed by atoms with Gasteiger partial charge in [0.1, 0.15) is 18.3 Å². The van der Waals surface area contributed by atoms with Crippen molar-refractivity contribution in [3.05, 3.63) is 0 Å². The first kappa shape index (κ1) is 13.7. The molecule has 0 aliphatic rings. The summed E-state index contributed by atoms with van der Waals surface area (Å²) in [6, 6.07) is 0. The average Bonchev–Trinajstić information content (AvgIpc) is 2.13. The molecule has 0 amide bonds. The minimum absolute atomic E-state index is 0.281. The minimum atomic E-state index is -1.66. The molecule has 6 N–H and O–H groups in total. The molecule has 0 aromatic rings. The minimum Gasteiger partial charge on any atom is -0.394 e. The zero-order valence-corrected chi connectivity index (χ0v) is 7.85. The van der Waals surface area contributed by atoms with E-state index in [1.165, 1.54) is 7.05 Å². The average molecular weight is 211 g/mol. The van der Waals surface area contributed by atoms with E-state index in [1.54, 1.807) is 0 Å². The van der Waals surface area contributed by atoms with Gasteiger partial charge in [-0.05, 0) is 0 Å². The maximum atomic E-state index is 9.23. The molecule has 0 radical (unpaired) electrons. The van der Waals surface area contributed by atoms with Crippen LogP contribution in [0.3, 0.4) is 0 Å². The topological polar surface area (TPSA) is 125 Å². The van der Waals surface area contributed by atoms with E-state index in [0.29, 0.717) is 5.06 Å². The van der Waals surface area contributed by atoms with Gasteiger partial charge >= 0.3 is 0 Å². The number of rotatable bonds is 6. The molecule has 0 heterocycles. The summed E-state index contributed by atoms with van der Waals surface area (Å²) in [5.41, 5.74) is 0. The Morgan fingerprint density at radius 2 is 1.43 bits per heavy atom. The number of hydrogen-bond acceptors (Lipinski definition) is 7. The SMILES string of the molecule is CN(O)CC(O)C(O)C(O)C(O)CO. The van der Waals surface area contributed by atoms with Crippen LogP contribution in [0, 0.1) is 0 Å². The van der Waals surface area contributed by atoms with Crippen LogP contribution in [-0.2, 0) is 0 Å². The molecule has 4 atom stereocenters. The molecule has 0 aliphatic heterocycles. The molecule has 0 spiro atoms. The lowest BCUT2D eigenvalue weighted by Gasteiger charge is -2.26. The van der Waals surface area contributed by atoms with E-state index in [2.05, 4.69) is 0 Å². The number of nitrogens with zero attached hydrogens (tertiary/aromatic N) is 1. The van der Waals surface area contributed by atoms with E-state index >= 15 is 0 Å². The van der Waals surface area contributed by atoms with Crippen molar-refractivity contribution >= 4 is 0 Å². The summed E-state index contributed by atoms with van der Waals surface area (Å²) in [6.07, 6.45) is -6.23. The molecule has 86 valence electrons. The summed E-state index contributed by atoms with van der Waals surface area (Å²) in [5.74, 6) is 0. The van der Waals surface area contributed by atoms with Gasteiger partial charge < -0.3 is 30.7 Å². The standard InChI is InChI=1S/C7H17NO6/c1-8(14)2-4(10)6(12)7(13)5(11)3-9/h4-7,9-14H,2-3H2,1H3. The van der Waals surface area contributed by atoms with Gasteiger partial charge in [0, 0.05) is 7.05 Å². The van der Waals surface area contributed by atoms with Gasteiger partial charge in [0.25, 0.3) is 0 Å². The first-order valence-electron chi connectivity index (χ1n) is 4.13.